The highest BCUT2D eigenvalue weighted by atomic mass is 35.5. The third-order valence-corrected chi connectivity index (χ3v) is 7.84. The van der Waals surface area contributed by atoms with E-state index in [-0.39, 0.29) is 0 Å². The Bertz CT molecular complexity index is 736. The fourth-order valence-electron chi connectivity index (χ4n) is 4.24. The van der Waals surface area contributed by atoms with E-state index in [9.17, 15) is 0 Å². The first-order valence-electron chi connectivity index (χ1n) is 10.8. The summed E-state index contributed by atoms with van der Waals surface area (Å²) in [6, 6.07) is 11.6. The Balaban J connectivity index is 1.26. The van der Waals surface area contributed by atoms with E-state index < -0.39 is 0 Å². The number of halogens is 4. The molecule has 0 aliphatic heterocycles. The van der Waals surface area contributed by atoms with Gasteiger partial charge in [-0.05, 0) is 61.0 Å². The standard InChI is InChI=1S/C24H30Cl4N2/c25-21-5-1-3-19(23(21)27)15-29-13-11-17-7-9-18(10-8-17)12-14-30-16-20-4-2-6-22(26)24(20)28/h1-6,17-18,29-30H,7-16H2/t17-,18-. The normalized spacial score (nSPS) is 19.2. The molecule has 0 saturated heterocycles. The monoisotopic (exact) mass is 486 g/mol. The molecule has 1 fully saturated rings. The van der Waals surface area contributed by atoms with Crippen LogP contribution >= 0.6 is 46.4 Å². The zero-order valence-corrected chi connectivity index (χ0v) is 20.2. The minimum absolute atomic E-state index is 0.624. The van der Waals surface area contributed by atoms with Crippen LogP contribution in [0.5, 0.6) is 0 Å². The van der Waals surface area contributed by atoms with Gasteiger partial charge in [0.1, 0.15) is 0 Å². The van der Waals surface area contributed by atoms with Crippen LogP contribution in [-0.2, 0) is 13.1 Å². The molecule has 1 aliphatic carbocycles. The largest absolute Gasteiger partial charge is 0.313 e. The average Bonchev–Trinajstić information content (AvgIpc) is 2.75. The van der Waals surface area contributed by atoms with Crippen LogP contribution in [0.2, 0.25) is 20.1 Å². The molecule has 0 bridgehead atoms. The van der Waals surface area contributed by atoms with Gasteiger partial charge in [-0.1, -0.05) is 96.4 Å². The van der Waals surface area contributed by atoms with Gasteiger partial charge >= 0.3 is 0 Å². The second-order valence-corrected chi connectivity index (χ2v) is 9.81. The molecular weight excluding hydrogens is 458 g/mol. The van der Waals surface area contributed by atoms with E-state index in [4.69, 9.17) is 46.4 Å². The smallest absolute Gasteiger partial charge is 0.0637 e. The Morgan fingerprint density at radius 3 is 1.43 bits per heavy atom. The van der Waals surface area contributed by atoms with Crippen molar-refractivity contribution in [3.8, 4) is 0 Å². The van der Waals surface area contributed by atoms with E-state index >= 15 is 0 Å². The Hall–Kier alpha value is -0.480. The molecule has 0 unspecified atom stereocenters. The number of hydrogen-bond donors (Lipinski definition) is 2. The Kier molecular flexibility index (Phi) is 10.1. The third-order valence-electron chi connectivity index (χ3n) is 6.12. The number of hydrogen-bond acceptors (Lipinski definition) is 2. The maximum absolute atomic E-state index is 6.25. The van der Waals surface area contributed by atoms with Crippen LogP contribution in [0.15, 0.2) is 36.4 Å². The molecule has 30 heavy (non-hydrogen) atoms. The van der Waals surface area contributed by atoms with Crippen molar-refractivity contribution in [2.45, 2.75) is 51.6 Å². The van der Waals surface area contributed by atoms with Crippen molar-refractivity contribution in [1.29, 1.82) is 0 Å². The summed E-state index contributed by atoms with van der Waals surface area (Å²) < 4.78 is 0. The number of rotatable bonds is 10. The maximum atomic E-state index is 6.25. The molecular formula is C24H30Cl4N2. The summed E-state index contributed by atoms with van der Waals surface area (Å²) in [5.74, 6) is 1.67. The summed E-state index contributed by atoms with van der Waals surface area (Å²) in [7, 11) is 0. The van der Waals surface area contributed by atoms with Gasteiger partial charge in [-0.25, -0.2) is 0 Å². The molecule has 0 amide bonds. The van der Waals surface area contributed by atoms with Crippen molar-refractivity contribution in [3.63, 3.8) is 0 Å². The predicted molar refractivity (Wildman–Crippen MR) is 131 cm³/mol. The quantitative estimate of drug-likeness (QED) is 0.334. The topological polar surface area (TPSA) is 24.1 Å². The Labute approximate surface area is 200 Å². The summed E-state index contributed by atoms with van der Waals surface area (Å²) in [6.07, 6.45) is 7.82. The van der Waals surface area contributed by atoms with Crippen LogP contribution in [0.4, 0.5) is 0 Å². The van der Waals surface area contributed by atoms with Gasteiger partial charge in [0, 0.05) is 13.1 Å². The molecule has 2 nitrogen and oxygen atoms in total. The summed E-state index contributed by atoms with van der Waals surface area (Å²) in [5.41, 5.74) is 2.14. The lowest BCUT2D eigenvalue weighted by Gasteiger charge is -2.28. The van der Waals surface area contributed by atoms with Crippen molar-refractivity contribution >= 4 is 46.4 Å². The van der Waals surface area contributed by atoms with E-state index in [0.29, 0.717) is 20.1 Å². The maximum Gasteiger partial charge on any atom is 0.0637 e. The molecule has 0 radical (unpaired) electrons. The van der Waals surface area contributed by atoms with Gasteiger partial charge in [0.15, 0.2) is 0 Å². The first kappa shape index (κ1) is 24.2. The van der Waals surface area contributed by atoms with E-state index in [0.717, 1.165) is 49.1 Å². The van der Waals surface area contributed by atoms with Crippen LogP contribution in [0.3, 0.4) is 0 Å². The van der Waals surface area contributed by atoms with E-state index in [1.54, 1.807) is 0 Å². The molecule has 2 N–H and O–H groups in total. The van der Waals surface area contributed by atoms with Crippen molar-refractivity contribution in [2.24, 2.45) is 11.8 Å². The second-order valence-electron chi connectivity index (χ2n) is 8.24. The highest BCUT2D eigenvalue weighted by molar-refractivity contribution is 6.42. The first-order valence-corrected chi connectivity index (χ1v) is 12.3. The summed E-state index contributed by atoms with van der Waals surface area (Å²) in [4.78, 5) is 0. The second kappa shape index (κ2) is 12.5. The zero-order chi connectivity index (χ0) is 21.3. The molecule has 0 atom stereocenters. The number of benzene rings is 2. The molecule has 1 saturated carbocycles. The molecule has 0 aromatic heterocycles. The molecule has 1 aliphatic rings. The summed E-state index contributed by atoms with van der Waals surface area (Å²) in [6.45, 7) is 3.61. The summed E-state index contributed by atoms with van der Waals surface area (Å²) in [5, 5.41) is 9.62. The molecule has 6 heteroatoms. The molecule has 2 aromatic rings. The van der Waals surface area contributed by atoms with E-state index in [2.05, 4.69) is 10.6 Å². The summed E-state index contributed by atoms with van der Waals surface area (Å²) >= 11 is 24.7. The van der Waals surface area contributed by atoms with Crippen molar-refractivity contribution in [1.82, 2.24) is 10.6 Å². The van der Waals surface area contributed by atoms with E-state index in [1.807, 2.05) is 36.4 Å². The highest BCUT2D eigenvalue weighted by Gasteiger charge is 2.20. The predicted octanol–water partition coefficient (Wildman–Crippen LogP) is 7.77. The molecule has 164 valence electrons. The van der Waals surface area contributed by atoms with Gasteiger partial charge in [-0.3, -0.25) is 0 Å². The Morgan fingerprint density at radius 2 is 1.03 bits per heavy atom. The zero-order valence-electron chi connectivity index (χ0n) is 17.2. The fraction of sp³-hybridized carbons (Fsp3) is 0.500. The van der Waals surface area contributed by atoms with Crippen LogP contribution in [0, 0.1) is 11.8 Å². The molecule has 0 spiro atoms. The average molecular weight is 488 g/mol. The molecule has 0 heterocycles. The minimum Gasteiger partial charge on any atom is -0.313 e. The first-order chi connectivity index (χ1) is 14.5. The van der Waals surface area contributed by atoms with Crippen molar-refractivity contribution < 1.29 is 0 Å². The fourth-order valence-corrected chi connectivity index (χ4v) is 5.01. The van der Waals surface area contributed by atoms with Gasteiger partial charge in [0.25, 0.3) is 0 Å². The van der Waals surface area contributed by atoms with Gasteiger partial charge in [-0.15, -0.1) is 0 Å². The third kappa shape index (κ3) is 7.29. The van der Waals surface area contributed by atoms with Crippen molar-refractivity contribution in [3.05, 3.63) is 67.6 Å². The van der Waals surface area contributed by atoms with Crippen molar-refractivity contribution in [2.75, 3.05) is 13.1 Å². The van der Waals surface area contributed by atoms with Gasteiger partial charge < -0.3 is 10.6 Å². The van der Waals surface area contributed by atoms with Crippen LogP contribution in [0.25, 0.3) is 0 Å². The van der Waals surface area contributed by atoms with E-state index in [1.165, 1.54) is 38.5 Å². The minimum atomic E-state index is 0.624. The van der Waals surface area contributed by atoms with Crippen LogP contribution in [0.1, 0.15) is 49.7 Å². The lowest BCUT2D eigenvalue weighted by atomic mass is 9.79. The lowest BCUT2D eigenvalue weighted by Crippen LogP contribution is -2.23. The Morgan fingerprint density at radius 1 is 0.633 bits per heavy atom. The number of nitrogens with one attached hydrogen (secondary N) is 2. The van der Waals surface area contributed by atoms with Gasteiger partial charge in [0.2, 0.25) is 0 Å². The van der Waals surface area contributed by atoms with Crippen LogP contribution in [-0.4, -0.2) is 13.1 Å². The molecule has 2 aromatic carbocycles. The molecule has 3 rings (SSSR count). The highest BCUT2D eigenvalue weighted by Crippen LogP contribution is 2.32. The lowest BCUT2D eigenvalue weighted by molar-refractivity contribution is 0.250. The van der Waals surface area contributed by atoms with Gasteiger partial charge in [0.05, 0.1) is 20.1 Å². The van der Waals surface area contributed by atoms with Crippen LogP contribution < -0.4 is 10.6 Å². The SMILES string of the molecule is Clc1cccc(CNCC[C@H]2CC[C@H](CCNCc3cccc(Cl)c3Cl)CC2)c1Cl. The van der Waals surface area contributed by atoms with Gasteiger partial charge in [-0.2, -0.15) is 0 Å².